The van der Waals surface area contributed by atoms with Crippen LogP contribution in [0.3, 0.4) is 0 Å². The molecule has 0 fully saturated rings. The zero-order chi connectivity index (χ0) is 17.2. The van der Waals surface area contributed by atoms with E-state index < -0.39 is 6.10 Å². The fourth-order valence-electron chi connectivity index (χ4n) is 2.10. The van der Waals surface area contributed by atoms with Crippen LogP contribution in [0.5, 0.6) is 5.75 Å². The van der Waals surface area contributed by atoms with E-state index in [1.54, 1.807) is 7.11 Å². The summed E-state index contributed by atoms with van der Waals surface area (Å²) in [6.07, 6.45) is 3.36. The van der Waals surface area contributed by atoms with Crippen LogP contribution in [0.15, 0.2) is 36.4 Å². The van der Waals surface area contributed by atoms with E-state index in [1.807, 2.05) is 57.2 Å². The molecular formula is C19H28O4. The van der Waals surface area contributed by atoms with Crippen molar-refractivity contribution >= 4 is 5.78 Å². The molecule has 0 amide bonds. The molecule has 0 saturated carbocycles. The maximum atomic E-state index is 12.0. The normalized spacial score (nSPS) is 14.2. The summed E-state index contributed by atoms with van der Waals surface area (Å²) >= 11 is 0. The Morgan fingerprint density at radius 3 is 2.39 bits per heavy atom. The van der Waals surface area contributed by atoms with Crippen molar-refractivity contribution in [2.24, 2.45) is 5.92 Å². The van der Waals surface area contributed by atoms with E-state index in [0.29, 0.717) is 6.61 Å². The van der Waals surface area contributed by atoms with Crippen LogP contribution in [-0.2, 0) is 16.1 Å². The van der Waals surface area contributed by atoms with Crippen LogP contribution in [0, 0.1) is 5.92 Å². The van der Waals surface area contributed by atoms with Crippen LogP contribution in [0.1, 0.15) is 39.2 Å². The average molecular weight is 320 g/mol. The van der Waals surface area contributed by atoms with Gasteiger partial charge in [0.25, 0.3) is 0 Å². The van der Waals surface area contributed by atoms with Crippen molar-refractivity contribution in [3.8, 4) is 5.75 Å². The number of hydrogen-bond acceptors (Lipinski definition) is 4. The molecule has 0 radical (unpaired) electrons. The third kappa shape index (κ3) is 7.44. The lowest BCUT2D eigenvalue weighted by molar-refractivity contribution is -0.123. The van der Waals surface area contributed by atoms with Gasteiger partial charge in [0, 0.05) is 12.8 Å². The molecule has 0 saturated heterocycles. The molecule has 1 rings (SSSR count). The van der Waals surface area contributed by atoms with Crippen molar-refractivity contribution < 1.29 is 19.4 Å². The molecular weight excluding hydrogens is 292 g/mol. The second kappa shape index (κ2) is 10.2. The summed E-state index contributed by atoms with van der Waals surface area (Å²) in [6.45, 7) is 6.14. The van der Waals surface area contributed by atoms with Crippen molar-refractivity contribution in [1.29, 1.82) is 0 Å². The Hall–Kier alpha value is -1.65. The zero-order valence-electron chi connectivity index (χ0n) is 14.5. The Morgan fingerprint density at radius 2 is 1.87 bits per heavy atom. The first-order chi connectivity index (χ1) is 11.0. The third-order valence-electron chi connectivity index (χ3n) is 3.67. The van der Waals surface area contributed by atoms with E-state index >= 15 is 0 Å². The fraction of sp³-hybridized carbons (Fsp3) is 0.526. The lowest BCUT2D eigenvalue weighted by atomic mass is 9.99. The number of rotatable bonds is 10. The van der Waals surface area contributed by atoms with Crippen LogP contribution in [0.2, 0.25) is 0 Å². The highest BCUT2D eigenvalue weighted by Gasteiger charge is 2.17. The first-order valence-corrected chi connectivity index (χ1v) is 8.03. The van der Waals surface area contributed by atoms with Gasteiger partial charge in [-0.15, -0.1) is 0 Å². The fourth-order valence-corrected chi connectivity index (χ4v) is 2.10. The molecule has 0 aromatic heterocycles. The van der Waals surface area contributed by atoms with Gasteiger partial charge in [-0.1, -0.05) is 38.1 Å². The Balaban J connectivity index is 2.52. The van der Waals surface area contributed by atoms with Gasteiger partial charge in [0.15, 0.2) is 0 Å². The Bertz CT molecular complexity index is 491. The van der Waals surface area contributed by atoms with Crippen LogP contribution < -0.4 is 4.74 Å². The van der Waals surface area contributed by atoms with Crippen LogP contribution >= 0.6 is 0 Å². The quantitative estimate of drug-likeness (QED) is 0.670. The van der Waals surface area contributed by atoms with Gasteiger partial charge in [0.1, 0.15) is 11.5 Å². The Labute approximate surface area is 139 Å². The molecule has 0 aliphatic carbocycles. The molecule has 4 nitrogen and oxygen atoms in total. The lowest BCUT2D eigenvalue weighted by Crippen LogP contribution is -2.23. The van der Waals surface area contributed by atoms with E-state index in [9.17, 15) is 9.90 Å². The molecule has 0 bridgehead atoms. The zero-order valence-corrected chi connectivity index (χ0v) is 14.5. The van der Waals surface area contributed by atoms with Gasteiger partial charge in [-0.3, -0.25) is 4.79 Å². The Morgan fingerprint density at radius 1 is 1.22 bits per heavy atom. The van der Waals surface area contributed by atoms with Crippen LogP contribution in [-0.4, -0.2) is 30.2 Å². The maximum absolute atomic E-state index is 12.0. The molecule has 1 aromatic rings. The van der Waals surface area contributed by atoms with E-state index in [-0.39, 0.29) is 30.6 Å². The molecule has 1 aromatic carbocycles. The topological polar surface area (TPSA) is 55.8 Å². The largest absolute Gasteiger partial charge is 0.497 e. The minimum Gasteiger partial charge on any atom is -0.497 e. The van der Waals surface area contributed by atoms with Gasteiger partial charge in [0.2, 0.25) is 0 Å². The summed E-state index contributed by atoms with van der Waals surface area (Å²) < 4.78 is 10.9. The number of carbonyl (C=O) groups is 1. The summed E-state index contributed by atoms with van der Waals surface area (Å²) in [5.74, 6) is 0.903. The van der Waals surface area contributed by atoms with Gasteiger partial charge in [-0.05, 0) is 30.5 Å². The van der Waals surface area contributed by atoms with Crippen LogP contribution in [0.4, 0.5) is 0 Å². The third-order valence-corrected chi connectivity index (χ3v) is 3.67. The van der Waals surface area contributed by atoms with Crippen molar-refractivity contribution in [3.05, 3.63) is 42.0 Å². The lowest BCUT2D eigenvalue weighted by Gasteiger charge is -2.17. The number of Topliss-reactive ketones (excluding diaryl/α,β-unsaturated/α-hetero) is 1. The minimum absolute atomic E-state index is 0.0176. The Kier molecular flexibility index (Phi) is 8.59. The van der Waals surface area contributed by atoms with Gasteiger partial charge < -0.3 is 14.6 Å². The first-order valence-electron chi connectivity index (χ1n) is 8.03. The standard InChI is InChI=1S/C19H28O4/c1-5-6-18(11-16(20)12-19(21)14(2)3)23-13-15-7-9-17(22-4)10-8-15/h5-10,14,18-19,21H,11-13H2,1-4H3/b6-5+/t18-,19+/m0/s1. The predicted molar refractivity (Wildman–Crippen MR) is 91.5 cm³/mol. The number of aliphatic hydroxyl groups is 1. The number of ether oxygens (including phenoxy) is 2. The molecule has 0 aliphatic rings. The molecule has 4 heteroatoms. The molecule has 128 valence electrons. The predicted octanol–water partition coefficient (Wildman–Crippen LogP) is 3.52. The SMILES string of the molecule is C/C=C/[C@@H](CC(=O)C[C@@H](O)C(C)C)OCc1ccc(OC)cc1. The van der Waals surface area contributed by atoms with Gasteiger partial charge in [0.05, 0.1) is 25.9 Å². The van der Waals surface area contributed by atoms with E-state index in [1.165, 1.54) is 0 Å². The smallest absolute Gasteiger partial charge is 0.138 e. The first kappa shape index (κ1) is 19.4. The van der Waals surface area contributed by atoms with Crippen LogP contribution in [0.25, 0.3) is 0 Å². The van der Waals surface area contributed by atoms with Crippen molar-refractivity contribution in [2.45, 2.75) is 52.4 Å². The van der Waals surface area contributed by atoms with Crippen molar-refractivity contribution in [1.82, 2.24) is 0 Å². The molecule has 0 spiro atoms. The number of aliphatic hydroxyl groups excluding tert-OH is 1. The molecule has 1 N–H and O–H groups in total. The second-order valence-electron chi connectivity index (χ2n) is 5.98. The molecule has 23 heavy (non-hydrogen) atoms. The highest BCUT2D eigenvalue weighted by Crippen LogP contribution is 2.15. The number of hydrogen-bond donors (Lipinski definition) is 1. The number of benzene rings is 1. The maximum Gasteiger partial charge on any atom is 0.138 e. The number of methoxy groups -OCH3 is 1. The number of ketones is 1. The summed E-state index contributed by atoms with van der Waals surface area (Å²) in [5.41, 5.74) is 1.02. The summed E-state index contributed by atoms with van der Waals surface area (Å²) in [4.78, 5) is 12.0. The number of carbonyl (C=O) groups excluding carboxylic acids is 1. The minimum atomic E-state index is -0.588. The molecule has 0 aliphatic heterocycles. The van der Waals surface area contributed by atoms with Crippen molar-refractivity contribution in [3.63, 3.8) is 0 Å². The van der Waals surface area contributed by atoms with E-state index in [4.69, 9.17) is 9.47 Å². The highest BCUT2D eigenvalue weighted by atomic mass is 16.5. The van der Waals surface area contributed by atoms with Gasteiger partial charge in [-0.25, -0.2) is 0 Å². The monoisotopic (exact) mass is 320 g/mol. The van der Waals surface area contributed by atoms with Gasteiger partial charge in [-0.2, -0.15) is 0 Å². The molecule has 2 atom stereocenters. The second-order valence-corrected chi connectivity index (χ2v) is 5.98. The molecule has 0 unspecified atom stereocenters. The average Bonchev–Trinajstić information content (AvgIpc) is 2.53. The van der Waals surface area contributed by atoms with E-state index in [2.05, 4.69) is 0 Å². The summed E-state index contributed by atoms with van der Waals surface area (Å²) in [5, 5.41) is 9.81. The van der Waals surface area contributed by atoms with Crippen molar-refractivity contribution in [2.75, 3.05) is 7.11 Å². The van der Waals surface area contributed by atoms with E-state index in [0.717, 1.165) is 11.3 Å². The number of allylic oxidation sites excluding steroid dienone is 1. The molecule has 0 heterocycles. The highest BCUT2D eigenvalue weighted by molar-refractivity contribution is 5.79. The van der Waals surface area contributed by atoms with Gasteiger partial charge >= 0.3 is 0 Å². The summed E-state index contributed by atoms with van der Waals surface area (Å²) in [7, 11) is 1.63. The summed E-state index contributed by atoms with van der Waals surface area (Å²) in [6, 6.07) is 7.65.